The van der Waals surface area contributed by atoms with E-state index in [1.165, 1.54) is 4.90 Å². The molecule has 2 saturated heterocycles. The molecule has 0 bridgehead atoms. The van der Waals surface area contributed by atoms with Gasteiger partial charge in [-0.1, -0.05) is 55.3 Å². The Labute approximate surface area is 221 Å². The number of fused-ring (bicyclic) bond motifs is 1. The minimum Gasteiger partial charge on any atom is -0.490 e. The summed E-state index contributed by atoms with van der Waals surface area (Å²) in [5.74, 6) is -0.258. The highest BCUT2D eigenvalue weighted by atomic mass is 35.5. The highest BCUT2D eigenvalue weighted by molar-refractivity contribution is 6.31. The number of hydroxylamine groups is 1. The third kappa shape index (κ3) is 4.77. The SMILES string of the molecule is CCCCOc1ccc([C@@H]2[C@@H]3C(=O)N(c4cccc(Cl)c4)C(=O)[C@H]3ON2c2ccccc2)cc1OCC. The Balaban J connectivity index is 1.55. The van der Waals surface area contributed by atoms with Crippen LogP contribution in [0.25, 0.3) is 0 Å². The number of rotatable bonds is 9. The van der Waals surface area contributed by atoms with Gasteiger partial charge in [0.1, 0.15) is 5.92 Å². The largest absolute Gasteiger partial charge is 0.490 e. The zero-order chi connectivity index (χ0) is 25.9. The molecule has 0 aliphatic carbocycles. The third-order valence-corrected chi connectivity index (χ3v) is 6.79. The minimum absolute atomic E-state index is 0.332. The lowest BCUT2D eigenvalue weighted by Gasteiger charge is -2.29. The Morgan fingerprint density at radius 3 is 2.38 bits per heavy atom. The lowest BCUT2D eigenvalue weighted by molar-refractivity contribution is -0.126. The van der Waals surface area contributed by atoms with Crippen LogP contribution < -0.4 is 19.4 Å². The summed E-state index contributed by atoms with van der Waals surface area (Å²) in [6.45, 7) is 5.07. The second-order valence-electron chi connectivity index (χ2n) is 8.99. The van der Waals surface area contributed by atoms with Crippen molar-refractivity contribution in [1.82, 2.24) is 0 Å². The van der Waals surface area contributed by atoms with Gasteiger partial charge in [0, 0.05) is 5.02 Å². The third-order valence-electron chi connectivity index (χ3n) is 6.56. The number of ether oxygens (including phenoxy) is 2. The maximum Gasteiger partial charge on any atom is 0.266 e. The fourth-order valence-electron chi connectivity index (χ4n) is 4.84. The van der Waals surface area contributed by atoms with E-state index in [2.05, 4.69) is 6.92 Å². The summed E-state index contributed by atoms with van der Waals surface area (Å²) in [6, 6.07) is 21.3. The number of carbonyl (C=O) groups excluding carboxylic acids is 2. The van der Waals surface area contributed by atoms with E-state index in [9.17, 15) is 9.59 Å². The molecule has 0 N–H and O–H groups in total. The first-order valence-electron chi connectivity index (χ1n) is 12.6. The van der Waals surface area contributed by atoms with Gasteiger partial charge in [0.2, 0.25) is 5.91 Å². The molecule has 2 aliphatic rings. The van der Waals surface area contributed by atoms with Crippen LogP contribution in [0, 0.1) is 5.92 Å². The van der Waals surface area contributed by atoms with Crippen molar-refractivity contribution in [1.29, 1.82) is 0 Å². The fourth-order valence-corrected chi connectivity index (χ4v) is 5.03. The van der Waals surface area contributed by atoms with Crippen LogP contribution in [0.5, 0.6) is 11.5 Å². The summed E-state index contributed by atoms with van der Waals surface area (Å²) in [7, 11) is 0. The number of imide groups is 1. The van der Waals surface area contributed by atoms with Crippen molar-refractivity contribution >= 4 is 34.8 Å². The van der Waals surface area contributed by atoms with Gasteiger partial charge in [-0.25, -0.2) is 9.96 Å². The fraction of sp³-hybridized carbons (Fsp3) is 0.310. The zero-order valence-corrected chi connectivity index (χ0v) is 21.6. The Morgan fingerprint density at radius 2 is 1.65 bits per heavy atom. The number of anilines is 2. The molecule has 0 spiro atoms. The Kier molecular flexibility index (Phi) is 7.35. The predicted octanol–water partition coefficient (Wildman–Crippen LogP) is 5.97. The molecular formula is C29H29ClN2O5. The number of hydrogen-bond donors (Lipinski definition) is 0. The smallest absolute Gasteiger partial charge is 0.266 e. The van der Waals surface area contributed by atoms with Crippen LogP contribution in [0.3, 0.4) is 0 Å². The molecule has 2 amide bonds. The van der Waals surface area contributed by atoms with Gasteiger partial charge in [-0.15, -0.1) is 0 Å². The van der Waals surface area contributed by atoms with Crippen molar-refractivity contribution in [2.75, 3.05) is 23.2 Å². The first-order valence-corrected chi connectivity index (χ1v) is 12.9. The number of carbonyl (C=O) groups is 2. The van der Waals surface area contributed by atoms with Crippen molar-refractivity contribution in [3.63, 3.8) is 0 Å². The van der Waals surface area contributed by atoms with E-state index >= 15 is 0 Å². The molecule has 3 aromatic carbocycles. The molecule has 8 heteroatoms. The van der Waals surface area contributed by atoms with Crippen molar-refractivity contribution in [2.45, 2.75) is 38.8 Å². The molecule has 192 valence electrons. The predicted molar refractivity (Wildman–Crippen MR) is 142 cm³/mol. The normalized spacial score (nSPS) is 20.9. The quantitative estimate of drug-likeness (QED) is 0.256. The number of unbranched alkanes of at least 4 members (excludes halogenated alkanes) is 1. The summed E-state index contributed by atoms with van der Waals surface area (Å²) in [6.07, 6.45) is 0.994. The summed E-state index contributed by atoms with van der Waals surface area (Å²) < 4.78 is 11.9. The van der Waals surface area contributed by atoms with Gasteiger partial charge in [-0.2, -0.15) is 0 Å². The molecule has 0 radical (unpaired) electrons. The molecule has 5 rings (SSSR count). The maximum absolute atomic E-state index is 13.8. The Hall–Kier alpha value is -3.55. The average molecular weight is 521 g/mol. The second-order valence-corrected chi connectivity index (χ2v) is 9.43. The van der Waals surface area contributed by atoms with Gasteiger partial charge < -0.3 is 9.47 Å². The summed E-state index contributed by atoms with van der Waals surface area (Å²) in [5, 5.41) is 2.11. The lowest BCUT2D eigenvalue weighted by atomic mass is 9.90. The standard InChI is InChI=1S/C29H29ClN2O5/c1-3-5-16-36-23-15-14-19(17-24(23)35-4-2)26-25-27(37-32(26)21-11-7-6-8-12-21)29(34)31(28(25)33)22-13-9-10-20(30)18-22/h6-15,17-18,25-27H,3-5,16H2,1-2H3/t25-,26+,27-/m0/s1. The molecule has 0 saturated carbocycles. The van der Waals surface area contributed by atoms with Gasteiger partial charge in [0.15, 0.2) is 17.6 Å². The molecule has 0 aromatic heterocycles. The van der Waals surface area contributed by atoms with E-state index in [-0.39, 0.29) is 5.91 Å². The number of para-hydroxylation sites is 1. The first-order chi connectivity index (χ1) is 18.0. The second kappa shape index (κ2) is 10.8. The molecule has 2 fully saturated rings. The van der Waals surface area contributed by atoms with Crippen LogP contribution in [0.15, 0.2) is 72.8 Å². The Morgan fingerprint density at radius 1 is 0.865 bits per heavy atom. The van der Waals surface area contributed by atoms with Crippen LogP contribution in [0.1, 0.15) is 38.3 Å². The average Bonchev–Trinajstić information content (AvgIpc) is 3.41. The van der Waals surface area contributed by atoms with Crippen molar-refractivity contribution in [3.8, 4) is 11.5 Å². The van der Waals surface area contributed by atoms with Gasteiger partial charge in [-0.05, 0) is 61.4 Å². The number of hydrogen-bond acceptors (Lipinski definition) is 6. The summed E-state index contributed by atoms with van der Waals surface area (Å²) >= 11 is 6.16. The minimum atomic E-state index is -0.965. The van der Waals surface area contributed by atoms with E-state index in [1.54, 1.807) is 29.3 Å². The number of nitrogens with zero attached hydrogens (tertiary/aromatic N) is 2. The van der Waals surface area contributed by atoms with Crippen LogP contribution in [-0.4, -0.2) is 31.1 Å². The van der Waals surface area contributed by atoms with Gasteiger partial charge >= 0.3 is 0 Å². The van der Waals surface area contributed by atoms with Crippen LogP contribution in [-0.2, 0) is 14.4 Å². The molecular weight excluding hydrogens is 492 g/mol. The zero-order valence-electron chi connectivity index (χ0n) is 20.8. The van der Waals surface area contributed by atoms with E-state index < -0.39 is 24.0 Å². The molecule has 37 heavy (non-hydrogen) atoms. The van der Waals surface area contributed by atoms with Crippen molar-refractivity contribution in [2.24, 2.45) is 5.92 Å². The van der Waals surface area contributed by atoms with E-state index in [4.69, 9.17) is 25.9 Å². The molecule has 7 nitrogen and oxygen atoms in total. The van der Waals surface area contributed by atoms with Gasteiger partial charge in [0.05, 0.1) is 30.6 Å². The highest BCUT2D eigenvalue weighted by Gasteiger charge is 2.60. The maximum atomic E-state index is 13.8. The monoisotopic (exact) mass is 520 g/mol. The molecule has 2 heterocycles. The van der Waals surface area contributed by atoms with Gasteiger partial charge in [-0.3, -0.25) is 14.4 Å². The van der Waals surface area contributed by atoms with Crippen LogP contribution >= 0.6 is 11.6 Å². The summed E-state index contributed by atoms with van der Waals surface area (Å²) in [4.78, 5) is 34.7. The summed E-state index contributed by atoms with van der Waals surface area (Å²) in [5.41, 5.74) is 1.97. The number of amides is 2. The first kappa shape index (κ1) is 25.1. The van der Waals surface area contributed by atoms with Crippen molar-refractivity contribution < 1.29 is 23.9 Å². The Bertz CT molecular complexity index is 1280. The highest BCUT2D eigenvalue weighted by Crippen LogP contribution is 2.48. The van der Waals surface area contributed by atoms with E-state index in [1.807, 2.05) is 55.5 Å². The van der Waals surface area contributed by atoms with Gasteiger partial charge in [0.25, 0.3) is 5.91 Å². The molecule has 3 atom stereocenters. The van der Waals surface area contributed by atoms with Crippen LogP contribution in [0.4, 0.5) is 11.4 Å². The van der Waals surface area contributed by atoms with Crippen molar-refractivity contribution in [3.05, 3.63) is 83.4 Å². The molecule has 2 aliphatic heterocycles. The van der Waals surface area contributed by atoms with E-state index in [0.29, 0.717) is 35.4 Å². The molecule has 0 unspecified atom stereocenters. The van der Waals surface area contributed by atoms with E-state index in [0.717, 1.165) is 24.1 Å². The number of halogens is 1. The molecule has 3 aromatic rings. The number of benzene rings is 3. The lowest BCUT2D eigenvalue weighted by Crippen LogP contribution is -2.37. The topological polar surface area (TPSA) is 68.3 Å². The van der Waals surface area contributed by atoms with Crippen LogP contribution in [0.2, 0.25) is 5.02 Å².